The number of anilines is 1. The van der Waals surface area contributed by atoms with E-state index in [4.69, 9.17) is 0 Å². The number of hydrogen-bond acceptors (Lipinski definition) is 1. The van der Waals surface area contributed by atoms with Crippen molar-refractivity contribution in [2.24, 2.45) is 0 Å². The Morgan fingerprint density at radius 2 is 1.90 bits per heavy atom. The number of hydrogen-bond donors (Lipinski definition) is 1. The Balaban J connectivity index is 2.19. The number of amides is 1. The second kappa shape index (κ2) is 7.02. The molecule has 0 fully saturated rings. The van der Waals surface area contributed by atoms with E-state index in [-0.39, 0.29) is 17.6 Å². The zero-order chi connectivity index (χ0) is 15.2. The lowest BCUT2D eigenvalue weighted by molar-refractivity contribution is -0.117. The van der Waals surface area contributed by atoms with E-state index in [1.54, 1.807) is 13.0 Å². The van der Waals surface area contributed by atoms with Crippen LogP contribution in [0.5, 0.6) is 0 Å². The summed E-state index contributed by atoms with van der Waals surface area (Å²) in [5, 5.41) is 2.92. The van der Waals surface area contributed by atoms with Crippen molar-refractivity contribution < 1.29 is 9.18 Å². The van der Waals surface area contributed by atoms with Crippen LogP contribution in [0.15, 0.2) is 48.5 Å². The summed E-state index contributed by atoms with van der Waals surface area (Å²) in [6, 6.07) is 14.1. The van der Waals surface area contributed by atoms with Crippen molar-refractivity contribution in [3.63, 3.8) is 0 Å². The summed E-state index contributed by atoms with van der Waals surface area (Å²) in [6.45, 7) is 3.85. The highest BCUT2D eigenvalue weighted by Crippen LogP contribution is 2.24. The van der Waals surface area contributed by atoms with E-state index < -0.39 is 0 Å². The molecule has 3 heteroatoms. The molecule has 0 bridgehead atoms. The second-order valence-corrected chi connectivity index (χ2v) is 5.20. The van der Waals surface area contributed by atoms with Gasteiger partial charge in [0.25, 0.3) is 0 Å². The van der Waals surface area contributed by atoms with E-state index >= 15 is 0 Å². The molecule has 0 unspecified atom stereocenters. The molecule has 0 radical (unpaired) electrons. The smallest absolute Gasteiger partial charge is 0.231 e. The fraction of sp³-hybridized carbons (Fsp3) is 0.278. The third-order valence-corrected chi connectivity index (χ3v) is 3.54. The molecule has 0 aromatic heterocycles. The Morgan fingerprint density at radius 1 is 1.19 bits per heavy atom. The predicted molar refractivity (Wildman–Crippen MR) is 83.9 cm³/mol. The standard InChI is InChI=1S/C18H20FNO/c1-3-7-16(14-8-5-4-6-9-14)18(21)20-17-11-10-15(19)12-13(17)2/h4-6,8-12,16H,3,7H2,1-2H3,(H,20,21)/t16-/m1/s1. The molecule has 2 aromatic rings. The van der Waals surface area contributed by atoms with E-state index in [0.29, 0.717) is 5.69 Å². The van der Waals surface area contributed by atoms with Crippen molar-refractivity contribution in [2.45, 2.75) is 32.6 Å². The van der Waals surface area contributed by atoms with Gasteiger partial charge >= 0.3 is 0 Å². The van der Waals surface area contributed by atoms with Gasteiger partial charge in [0.2, 0.25) is 5.91 Å². The first-order valence-corrected chi connectivity index (χ1v) is 7.23. The molecule has 2 aromatic carbocycles. The average Bonchev–Trinajstić information content (AvgIpc) is 2.48. The third kappa shape index (κ3) is 3.91. The van der Waals surface area contributed by atoms with Gasteiger partial charge in [-0.25, -0.2) is 4.39 Å². The molecule has 0 aliphatic carbocycles. The van der Waals surface area contributed by atoms with Crippen LogP contribution in [0.4, 0.5) is 10.1 Å². The van der Waals surface area contributed by atoms with Gasteiger partial charge in [-0.3, -0.25) is 4.79 Å². The monoisotopic (exact) mass is 285 g/mol. The van der Waals surface area contributed by atoms with Crippen molar-refractivity contribution in [3.8, 4) is 0 Å². The lowest BCUT2D eigenvalue weighted by Crippen LogP contribution is -2.21. The first kappa shape index (κ1) is 15.2. The molecular formula is C18H20FNO. The summed E-state index contributed by atoms with van der Waals surface area (Å²) < 4.78 is 13.1. The Hall–Kier alpha value is -2.16. The highest BCUT2D eigenvalue weighted by molar-refractivity contribution is 5.96. The second-order valence-electron chi connectivity index (χ2n) is 5.20. The normalized spacial score (nSPS) is 12.0. The number of aryl methyl sites for hydroxylation is 1. The van der Waals surface area contributed by atoms with Crippen LogP contribution >= 0.6 is 0 Å². The maximum atomic E-state index is 13.1. The largest absolute Gasteiger partial charge is 0.325 e. The van der Waals surface area contributed by atoms with Crippen LogP contribution < -0.4 is 5.32 Å². The zero-order valence-electron chi connectivity index (χ0n) is 12.4. The summed E-state index contributed by atoms with van der Waals surface area (Å²) >= 11 is 0. The molecule has 1 N–H and O–H groups in total. The van der Waals surface area contributed by atoms with Gasteiger partial charge in [0, 0.05) is 5.69 Å². The molecule has 0 aliphatic heterocycles. The molecule has 0 aliphatic rings. The number of nitrogens with one attached hydrogen (secondary N) is 1. The van der Waals surface area contributed by atoms with Crippen molar-refractivity contribution in [2.75, 3.05) is 5.32 Å². The van der Waals surface area contributed by atoms with Gasteiger partial charge in [0.05, 0.1) is 5.92 Å². The van der Waals surface area contributed by atoms with Crippen LogP contribution in [0, 0.1) is 12.7 Å². The van der Waals surface area contributed by atoms with Crippen molar-refractivity contribution in [3.05, 3.63) is 65.5 Å². The van der Waals surface area contributed by atoms with Gasteiger partial charge in [-0.15, -0.1) is 0 Å². The fourth-order valence-electron chi connectivity index (χ4n) is 2.41. The molecule has 0 heterocycles. The van der Waals surface area contributed by atoms with Gasteiger partial charge in [0.1, 0.15) is 5.82 Å². The Morgan fingerprint density at radius 3 is 2.52 bits per heavy atom. The lowest BCUT2D eigenvalue weighted by atomic mass is 9.93. The third-order valence-electron chi connectivity index (χ3n) is 3.54. The number of rotatable bonds is 5. The lowest BCUT2D eigenvalue weighted by Gasteiger charge is -2.17. The van der Waals surface area contributed by atoms with Gasteiger partial charge in [0.15, 0.2) is 0 Å². The van der Waals surface area contributed by atoms with Gasteiger partial charge in [-0.05, 0) is 42.7 Å². The molecule has 0 saturated carbocycles. The molecule has 21 heavy (non-hydrogen) atoms. The van der Waals surface area contributed by atoms with Crippen molar-refractivity contribution in [1.29, 1.82) is 0 Å². The summed E-state index contributed by atoms with van der Waals surface area (Å²) in [7, 11) is 0. The highest BCUT2D eigenvalue weighted by atomic mass is 19.1. The summed E-state index contributed by atoms with van der Waals surface area (Å²) in [4.78, 5) is 12.5. The number of halogens is 1. The van der Waals surface area contributed by atoms with E-state index in [1.807, 2.05) is 30.3 Å². The SMILES string of the molecule is CCC[C@@H](C(=O)Nc1ccc(F)cc1C)c1ccccc1. The van der Waals surface area contributed by atoms with Crippen molar-refractivity contribution >= 4 is 11.6 Å². The van der Waals surface area contributed by atoms with E-state index in [0.717, 1.165) is 24.0 Å². The number of carbonyl (C=O) groups is 1. The number of benzene rings is 2. The van der Waals surface area contributed by atoms with E-state index in [2.05, 4.69) is 12.2 Å². The first-order chi connectivity index (χ1) is 10.1. The molecule has 0 spiro atoms. The van der Waals surface area contributed by atoms with Crippen LogP contribution in [-0.2, 0) is 4.79 Å². The molecule has 2 rings (SSSR count). The maximum absolute atomic E-state index is 13.1. The fourth-order valence-corrected chi connectivity index (χ4v) is 2.41. The molecule has 1 atom stereocenters. The Bertz CT molecular complexity index is 610. The van der Waals surface area contributed by atoms with Gasteiger partial charge in [-0.2, -0.15) is 0 Å². The van der Waals surface area contributed by atoms with Crippen LogP contribution in [0.3, 0.4) is 0 Å². The molecule has 110 valence electrons. The Labute approximate surface area is 125 Å². The molecular weight excluding hydrogens is 265 g/mol. The summed E-state index contributed by atoms with van der Waals surface area (Å²) in [5.41, 5.74) is 2.40. The van der Waals surface area contributed by atoms with Gasteiger partial charge < -0.3 is 5.32 Å². The zero-order valence-corrected chi connectivity index (χ0v) is 12.4. The summed E-state index contributed by atoms with van der Waals surface area (Å²) in [6.07, 6.45) is 1.71. The van der Waals surface area contributed by atoms with Crippen LogP contribution in [-0.4, -0.2) is 5.91 Å². The molecule has 1 amide bonds. The minimum atomic E-state index is -0.293. The predicted octanol–water partition coefficient (Wildman–Crippen LogP) is 4.66. The number of carbonyl (C=O) groups excluding carboxylic acids is 1. The van der Waals surface area contributed by atoms with Crippen LogP contribution in [0.25, 0.3) is 0 Å². The van der Waals surface area contributed by atoms with Crippen LogP contribution in [0.2, 0.25) is 0 Å². The van der Waals surface area contributed by atoms with Gasteiger partial charge in [-0.1, -0.05) is 43.7 Å². The maximum Gasteiger partial charge on any atom is 0.231 e. The summed E-state index contributed by atoms with van der Waals surface area (Å²) in [5.74, 6) is -0.517. The van der Waals surface area contributed by atoms with E-state index in [1.165, 1.54) is 12.1 Å². The van der Waals surface area contributed by atoms with Crippen LogP contribution in [0.1, 0.15) is 36.8 Å². The minimum Gasteiger partial charge on any atom is -0.325 e. The highest BCUT2D eigenvalue weighted by Gasteiger charge is 2.20. The molecule has 2 nitrogen and oxygen atoms in total. The first-order valence-electron chi connectivity index (χ1n) is 7.23. The Kier molecular flexibility index (Phi) is 5.09. The van der Waals surface area contributed by atoms with E-state index in [9.17, 15) is 9.18 Å². The minimum absolute atomic E-state index is 0.0437. The topological polar surface area (TPSA) is 29.1 Å². The quantitative estimate of drug-likeness (QED) is 0.850. The molecule has 0 saturated heterocycles. The van der Waals surface area contributed by atoms with Crippen molar-refractivity contribution in [1.82, 2.24) is 0 Å². The average molecular weight is 285 g/mol.